The van der Waals surface area contributed by atoms with Gasteiger partial charge < -0.3 is 0 Å². The second-order valence-electron chi connectivity index (χ2n) is 8.64. The first-order chi connectivity index (χ1) is 9.91. The minimum Gasteiger partial charge on any atom is -0.207 e. The number of rotatable bonds is 0. The predicted octanol–water partition coefficient (Wildman–Crippen LogP) is 6.44. The lowest BCUT2D eigenvalue weighted by Gasteiger charge is -2.49. The molecule has 0 N–H and O–H groups in total. The third-order valence-electron chi connectivity index (χ3n) is 7.30. The zero-order chi connectivity index (χ0) is 15.1. The topological polar surface area (TPSA) is 0 Å². The zero-order valence-electron chi connectivity index (χ0n) is 13.8. The minimum absolute atomic E-state index is 0.124. The van der Waals surface area contributed by atoms with Crippen LogP contribution in [0.5, 0.6) is 0 Å². The van der Waals surface area contributed by atoms with Gasteiger partial charge in [-0.1, -0.05) is 26.7 Å². The van der Waals surface area contributed by atoms with Crippen LogP contribution >= 0.6 is 0 Å². The average molecular weight is 298 g/mol. The summed E-state index contributed by atoms with van der Waals surface area (Å²) in [6.45, 7) is 4.77. The normalized spacial score (nSPS) is 47.4. The standard InChI is InChI=1S/C19H32F2/c1-14-8-13-19(20,21)11-4-3-6-16-15(14)9-12-18(2)10-5-7-17(16)18/h14-17H,3-13H2,1-2H3/t14-,15?,16+,17?,18-/m0/s1. The van der Waals surface area contributed by atoms with Gasteiger partial charge in [-0.25, -0.2) is 8.78 Å². The van der Waals surface area contributed by atoms with Crippen LogP contribution in [0, 0.1) is 29.1 Å². The van der Waals surface area contributed by atoms with Gasteiger partial charge in [-0.15, -0.1) is 0 Å². The molecule has 0 aromatic carbocycles. The molecule has 0 aliphatic heterocycles. The van der Waals surface area contributed by atoms with Gasteiger partial charge >= 0.3 is 0 Å². The molecule has 0 aromatic rings. The molecule has 21 heavy (non-hydrogen) atoms. The molecule has 0 saturated heterocycles. The first-order valence-corrected chi connectivity index (χ1v) is 9.29. The molecule has 3 saturated carbocycles. The number of halogens is 2. The van der Waals surface area contributed by atoms with Crippen LogP contribution in [-0.2, 0) is 0 Å². The molecular formula is C19H32F2. The number of hydrogen-bond acceptors (Lipinski definition) is 0. The van der Waals surface area contributed by atoms with Gasteiger partial charge in [-0.2, -0.15) is 0 Å². The highest BCUT2D eigenvalue weighted by Crippen LogP contribution is 2.59. The fourth-order valence-electron chi connectivity index (χ4n) is 5.97. The molecule has 122 valence electrons. The van der Waals surface area contributed by atoms with E-state index in [1.165, 1.54) is 38.5 Å². The largest absolute Gasteiger partial charge is 0.248 e. The lowest BCUT2D eigenvalue weighted by molar-refractivity contribution is -0.0434. The summed E-state index contributed by atoms with van der Waals surface area (Å²) in [6, 6.07) is 0. The molecule has 3 aliphatic rings. The van der Waals surface area contributed by atoms with Crippen molar-refractivity contribution in [1.82, 2.24) is 0 Å². The summed E-state index contributed by atoms with van der Waals surface area (Å²) in [5.74, 6) is 0.517. The van der Waals surface area contributed by atoms with E-state index in [1.807, 2.05) is 0 Å². The van der Waals surface area contributed by atoms with Gasteiger partial charge in [0.2, 0.25) is 5.92 Å². The lowest BCUT2D eigenvalue weighted by atomic mass is 9.56. The molecule has 3 fully saturated rings. The average Bonchev–Trinajstić information content (AvgIpc) is 2.82. The van der Waals surface area contributed by atoms with Crippen LogP contribution in [0.3, 0.4) is 0 Å². The third kappa shape index (κ3) is 3.15. The molecule has 2 unspecified atom stereocenters. The Hall–Kier alpha value is -0.140. The molecule has 0 bridgehead atoms. The zero-order valence-corrected chi connectivity index (χ0v) is 13.8. The van der Waals surface area contributed by atoms with Gasteiger partial charge in [-0.05, 0) is 74.0 Å². The monoisotopic (exact) mass is 298 g/mol. The van der Waals surface area contributed by atoms with E-state index >= 15 is 0 Å². The van der Waals surface area contributed by atoms with E-state index in [-0.39, 0.29) is 12.8 Å². The van der Waals surface area contributed by atoms with Crippen molar-refractivity contribution in [1.29, 1.82) is 0 Å². The Bertz CT molecular complexity index is 365. The first-order valence-electron chi connectivity index (χ1n) is 9.29. The van der Waals surface area contributed by atoms with Crippen LogP contribution in [0.2, 0.25) is 0 Å². The number of hydrogen-bond donors (Lipinski definition) is 0. The van der Waals surface area contributed by atoms with E-state index in [1.54, 1.807) is 0 Å². The van der Waals surface area contributed by atoms with Crippen molar-refractivity contribution in [3.63, 3.8) is 0 Å². The van der Waals surface area contributed by atoms with Crippen molar-refractivity contribution in [3.05, 3.63) is 0 Å². The molecule has 0 radical (unpaired) electrons. The highest BCUT2D eigenvalue weighted by atomic mass is 19.3. The van der Waals surface area contributed by atoms with Crippen molar-refractivity contribution in [2.24, 2.45) is 29.1 Å². The molecule has 5 atom stereocenters. The molecule has 0 aromatic heterocycles. The number of alkyl halides is 2. The van der Waals surface area contributed by atoms with E-state index in [0.717, 1.165) is 37.0 Å². The summed E-state index contributed by atoms with van der Waals surface area (Å²) in [5, 5.41) is 0. The van der Waals surface area contributed by atoms with Crippen LogP contribution in [0.25, 0.3) is 0 Å². The summed E-state index contributed by atoms with van der Waals surface area (Å²) < 4.78 is 27.7. The fraction of sp³-hybridized carbons (Fsp3) is 1.00. The van der Waals surface area contributed by atoms with Crippen molar-refractivity contribution in [2.45, 2.75) is 90.4 Å². The maximum Gasteiger partial charge on any atom is 0.248 e. The summed E-state index contributed by atoms with van der Waals surface area (Å²) in [6.07, 6.45) is 10.8. The van der Waals surface area contributed by atoms with E-state index < -0.39 is 5.92 Å². The van der Waals surface area contributed by atoms with E-state index in [9.17, 15) is 8.78 Å². The Morgan fingerprint density at radius 3 is 2.38 bits per heavy atom. The summed E-state index contributed by atoms with van der Waals surface area (Å²) in [5.41, 5.74) is 0.578. The summed E-state index contributed by atoms with van der Waals surface area (Å²) >= 11 is 0. The van der Waals surface area contributed by atoms with Gasteiger partial charge in [-0.3, -0.25) is 0 Å². The van der Waals surface area contributed by atoms with Crippen LogP contribution < -0.4 is 0 Å². The van der Waals surface area contributed by atoms with Crippen LogP contribution in [-0.4, -0.2) is 5.92 Å². The second-order valence-corrected chi connectivity index (χ2v) is 8.64. The molecule has 2 heteroatoms. The fourth-order valence-corrected chi connectivity index (χ4v) is 5.97. The molecule has 3 rings (SSSR count). The molecule has 0 amide bonds. The van der Waals surface area contributed by atoms with Gasteiger partial charge in [0.15, 0.2) is 0 Å². The third-order valence-corrected chi connectivity index (χ3v) is 7.30. The Labute approximate surface area is 129 Å². The SMILES string of the molecule is C[C@H]1CCC(F)(F)CCCC[C@@H]2C1CC[C@]1(C)CCCC21. The Morgan fingerprint density at radius 1 is 0.762 bits per heavy atom. The van der Waals surface area contributed by atoms with E-state index in [2.05, 4.69) is 13.8 Å². The molecule has 0 heterocycles. The van der Waals surface area contributed by atoms with Crippen molar-refractivity contribution in [2.75, 3.05) is 0 Å². The highest BCUT2D eigenvalue weighted by Gasteiger charge is 2.49. The smallest absolute Gasteiger partial charge is 0.207 e. The van der Waals surface area contributed by atoms with Crippen molar-refractivity contribution in [3.8, 4) is 0 Å². The van der Waals surface area contributed by atoms with Crippen LogP contribution in [0.15, 0.2) is 0 Å². The van der Waals surface area contributed by atoms with Gasteiger partial charge in [0.25, 0.3) is 0 Å². The van der Waals surface area contributed by atoms with Crippen LogP contribution in [0.1, 0.15) is 84.5 Å². The van der Waals surface area contributed by atoms with E-state index in [4.69, 9.17) is 0 Å². The quantitative estimate of drug-likeness (QED) is 0.482. The Balaban J connectivity index is 1.76. The molecule has 3 aliphatic carbocycles. The number of fused-ring (bicyclic) bond motifs is 3. The summed E-state index contributed by atoms with van der Waals surface area (Å²) in [4.78, 5) is 0. The molecule has 0 spiro atoms. The van der Waals surface area contributed by atoms with Gasteiger partial charge in [0.05, 0.1) is 0 Å². The van der Waals surface area contributed by atoms with Crippen molar-refractivity contribution >= 4 is 0 Å². The Kier molecular flexibility index (Phi) is 4.36. The highest BCUT2D eigenvalue weighted by molar-refractivity contribution is 4.99. The van der Waals surface area contributed by atoms with Crippen molar-refractivity contribution < 1.29 is 8.78 Å². The first kappa shape index (κ1) is 15.7. The predicted molar refractivity (Wildman–Crippen MR) is 83.5 cm³/mol. The second kappa shape index (κ2) is 5.81. The molecular weight excluding hydrogens is 266 g/mol. The maximum atomic E-state index is 13.8. The van der Waals surface area contributed by atoms with Gasteiger partial charge in [0.1, 0.15) is 0 Å². The van der Waals surface area contributed by atoms with Crippen LogP contribution in [0.4, 0.5) is 8.78 Å². The summed E-state index contributed by atoms with van der Waals surface area (Å²) in [7, 11) is 0. The maximum absolute atomic E-state index is 13.8. The molecule has 0 nitrogen and oxygen atoms in total. The van der Waals surface area contributed by atoms with Gasteiger partial charge in [0, 0.05) is 12.8 Å². The lowest BCUT2D eigenvalue weighted by Crippen LogP contribution is -2.41. The Morgan fingerprint density at radius 2 is 1.57 bits per heavy atom. The van der Waals surface area contributed by atoms with E-state index in [0.29, 0.717) is 11.3 Å². The minimum atomic E-state index is -2.41.